The van der Waals surface area contributed by atoms with Crippen molar-refractivity contribution in [1.82, 2.24) is 5.32 Å². The molecule has 9 heavy (non-hydrogen) atoms. The van der Waals surface area contributed by atoms with Crippen LogP contribution < -0.4 is 5.32 Å². The van der Waals surface area contributed by atoms with Crippen LogP contribution in [0.4, 0.5) is 4.53 Å². The number of hydrogen-bond donors (Lipinski definition) is 1. The molecule has 0 spiro atoms. The molecule has 1 aliphatic heterocycles. The molecule has 2 atom stereocenters. The first-order valence-electron chi connectivity index (χ1n) is 3.32. The van der Waals surface area contributed by atoms with E-state index >= 15 is 0 Å². The molecule has 0 bridgehead atoms. The van der Waals surface area contributed by atoms with Crippen LogP contribution in [0, 0.1) is 5.92 Å². The van der Waals surface area contributed by atoms with Crippen LogP contribution >= 0.6 is 0 Å². The second kappa shape index (κ2) is 3.13. The van der Waals surface area contributed by atoms with Crippen molar-refractivity contribution in [2.45, 2.75) is 19.4 Å². The zero-order valence-electron chi connectivity index (χ0n) is 5.56. The highest BCUT2D eigenvalue weighted by Crippen LogP contribution is 2.14. The van der Waals surface area contributed by atoms with Gasteiger partial charge < -0.3 is 5.32 Å². The fourth-order valence-corrected chi connectivity index (χ4v) is 1.08. The summed E-state index contributed by atoms with van der Waals surface area (Å²) in [5.41, 5.74) is 0. The van der Waals surface area contributed by atoms with Gasteiger partial charge in [-0.1, -0.05) is 6.92 Å². The summed E-state index contributed by atoms with van der Waals surface area (Å²) in [6.07, 6.45) is 0.785. The van der Waals surface area contributed by atoms with Crippen LogP contribution in [0.2, 0.25) is 0 Å². The Morgan fingerprint density at radius 3 is 2.89 bits per heavy atom. The average molecular weight is 133 g/mol. The van der Waals surface area contributed by atoms with Crippen LogP contribution in [0.3, 0.4) is 0 Å². The molecule has 54 valence electrons. The first kappa shape index (κ1) is 6.96. The van der Waals surface area contributed by atoms with Gasteiger partial charge in [-0.2, -0.15) is 4.94 Å². The Kier molecular flexibility index (Phi) is 2.42. The zero-order chi connectivity index (χ0) is 6.69. The Bertz CT molecular complexity index is 89.1. The minimum Gasteiger partial charge on any atom is -0.314 e. The molecule has 2 nitrogen and oxygen atoms in total. The lowest BCUT2D eigenvalue weighted by Gasteiger charge is -2.25. The van der Waals surface area contributed by atoms with Crippen molar-refractivity contribution in [2.75, 3.05) is 13.1 Å². The van der Waals surface area contributed by atoms with Crippen molar-refractivity contribution in [3.63, 3.8) is 0 Å². The fraction of sp³-hybridized carbons (Fsp3) is 1.00. The van der Waals surface area contributed by atoms with E-state index in [9.17, 15) is 4.53 Å². The fourth-order valence-electron chi connectivity index (χ4n) is 1.08. The summed E-state index contributed by atoms with van der Waals surface area (Å²) in [6.45, 7) is 3.64. The molecule has 3 heteroatoms. The van der Waals surface area contributed by atoms with E-state index in [4.69, 9.17) is 0 Å². The topological polar surface area (TPSA) is 21.3 Å². The van der Waals surface area contributed by atoms with Crippen LogP contribution in [-0.4, -0.2) is 19.2 Å². The lowest BCUT2D eigenvalue weighted by Crippen LogP contribution is -2.39. The van der Waals surface area contributed by atoms with E-state index < -0.39 is 0 Å². The van der Waals surface area contributed by atoms with Gasteiger partial charge in [0, 0.05) is 6.54 Å². The van der Waals surface area contributed by atoms with Gasteiger partial charge in [0.15, 0.2) is 0 Å². The molecular formula is C6H12FNO. The quantitative estimate of drug-likeness (QED) is 0.573. The van der Waals surface area contributed by atoms with E-state index in [1.54, 1.807) is 0 Å². The highest BCUT2D eigenvalue weighted by molar-refractivity contribution is 4.73. The minimum atomic E-state index is -0.223. The van der Waals surface area contributed by atoms with E-state index in [2.05, 4.69) is 10.3 Å². The Morgan fingerprint density at radius 1 is 1.67 bits per heavy atom. The molecule has 0 saturated carbocycles. The summed E-state index contributed by atoms with van der Waals surface area (Å²) in [4.78, 5) is 3.74. The average Bonchev–Trinajstić information content (AvgIpc) is 1.89. The van der Waals surface area contributed by atoms with Gasteiger partial charge >= 0.3 is 0 Å². The highest BCUT2D eigenvalue weighted by atomic mass is 19.3. The molecule has 1 fully saturated rings. The zero-order valence-corrected chi connectivity index (χ0v) is 5.56. The van der Waals surface area contributed by atoms with Crippen molar-refractivity contribution < 1.29 is 9.47 Å². The van der Waals surface area contributed by atoms with Crippen molar-refractivity contribution in [1.29, 1.82) is 0 Å². The van der Waals surface area contributed by atoms with E-state index in [1.807, 2.05) is 6.92 Å². The van der Waals surface area contributed by atoms with E-state index in [1.165, 1.54) is 0 Å². The second-order valence-electron chi connectivity index (χ2n) is 2.60. The third kappa shape index (κ3) is 1.63. The number of rotatable bonds is 1. The predicted octanol–water partition coefficient (Wildman–Crippen LogP) is 0.885. The Hall–Kier alpha value is -0.150. The minimum absolute atomic E-state index is 0.223. The van der Waals surface area contributed by atoms with Crippen molar-refractivity contribution in [3.05, 3.63) is 0 Å². The summed E-state index contributed by atoms with van der Waals surface area (Å²) in [7, 11) is 0. The molecule has 1 heterocycles. The summed E-state index contributed by atoms with van der Waals surface area (Å²) in [5, 5.41) is 3.05. The molecule has 0 aliphatic carbocycles. The van der Waals surface area contributed by atoms with Gasteiger partial charge in [-0.3, -0.25) is 0 Å². The van der Waals surface area contributed by atoms with Crippen LogP contribution in [0.15, 0.2) is 0 Å². The van der Waals surface area contributed by atoms with Gasteiger partial charge in [0.25, 0.3) is 0 Å². The molecule has 0 aromatic rings. The molecule has 1 N–H and O–H groups in total. The van der Waals surface area contributed by atoms with Crippen molar-refractivity contribution in [3.8, 4) is 0 Å². The van der Waals surface area contributed by atoms with Gasteiger partial charge in [0.05, 0.1) is 0 Å². The molecule has 0 radical (unpaired) electrons. The van der Waals surface area contributed by atoms with Crippen molar-refractivity contribution in [2.24, 2.45) is 5.92 Å². The van der Waals surface area contributed by atoms with Gasteiger partial charge in [-0.15, -0.1) is 0 Å². The van der Waals surface area contributed by atoms with Crippen LogP contribution in [-0.2, 0) is 4.94 Å². The van der Waals surface area contributed by atoms with Gasteiger partial charge in [0.1, 0.15) is 6.10 Å². The Morgan fingerprint density at radius 2 is 2.44 bits per heavy atom. The molecule has 1 aliphatic rings. The third-order valence-corrected chi connectivity index (χ3v) is 1.87. The summed E-state index contributed by atoms with van der Waals surface area (Å²) < 4.78 is 11.6. The van der Waals surface area contributed by atoms with Gasteiger partial charge in [-0.05, 0) is 23.4 Å². The standard InChI is InChI=1S/C6H12FNO/c1-5-2-3-8-4-6(5)9-7/h5-6,8H,2-4H2,1H3. The van der Waals surface area contributed by atoms with Crippen LogP contribution in [0.1, 0.15) is 13.3 Å². The maximum absolute atomic E-state index is 11.6. The maximum atomic E-state index is 11.6. The van der Waals surface area contributed by atoms with E-state index in [0.717, 1.165) is 13.0 Å². The molecule has 0 amide bonds. The number of piperidine rings is 1. The van der Waals surface area contributed by atoms with Gasteiger partial charge in [0.2, 0.25) is 0 Å². The molecule has 1 saturated heterocycles. The smallest absolute Gasteiger partial charge is 0.113 e. The Balaban J connectivity index is 2.30. The molecular weight excluding hydrogens is 121 g/mol. The number of hydrogen-bond acceptors (Lipinski definition) is 2. The highest BCUT2D eigenvalue weighted by Gasteiger charge is 2.21. The third-order valence-electron chi connectivity index (χ3n) is 1.87. The SMILES string of the molecule is CC1CCNCC1OF. The normalized spacial score (nSPS) is 36.7. The summed E-state index contributed by atoms with van der Waals surface area (Å²) >= 11 is 0. The lowest BCUT2D eigenvalue weighted by atomic mass is 9.98. The first-order chi connectivity index (χ1) is 4.34. The van der Waals surface area contributed by atoms with Gasteiger partial charge in [-0.25, -0.2) is 0 Å². The van der Waals surface area contributed by atoms with Crippen LogP contribution in [0.25, 0.3) is 0 Å². The van der Waals surface area contributed by atoms with Crippen LogP contribution in [0.5, 0.6) is 0 Å². The van der Waals surface area contributed by atoms with Crippen molar-refractivity contribution >= 4 is 0 Å². The molecule has 0 aromatic heterocycles. The number of nitrogens with one attached hydrogen (secondary N) is 1. The first-order valence-corrected chi connectivity index (χ1v) is 3.32. The molecule has 1 rings (SSSR count). The van der Waals surface area contributed by atoms with E-state index in [-0.39, 0.29) is 6.10 Å². The largest absolute Gasteiger partial charge is 0.314 e. The summed E-state index contributed by atoms with van der Waals surface area (Å²) in [6, 6.07) is 0. The maximum Gasteiger partial charge on any atom is 0.113 e. The molecule has 2 unspecified atom stereocenters. The predicted molar refractivity (Wildman–Crippen MR) is 32.6 cm³/mol. The number of halogens is 1. The van der Waals surface area contributed by atoms with E-state index in [0.29, 0.717) is 12.5 Å². The lowest BCUT2D eigenvalue weighted by molar-refractivity contribution is -0.197. The molecule has 0 aromatic carbocycles. The second-order valence-corrected chi connectivity index (χ2v) is 2.60. The monoisotopic (exact) mass is 133 g/mol. The summed E-state index contributed by atoms with van der Waals surface area (Å²) in [5.74, 6) is 0.358. The Labute approximate surface area is 54.3 Å².